The zero-order valence-corrected chi connectivity index (χ0v) is 8.48. The molecule has 0 bridgehead atoms. The van der Waals surface area contributed by atoms with E-state index in [9.17, 15) is 0 Å². The van der Waals surface area contributed by atoms with Gasteiger partial charge in [0.2, 0.25) is 0 Å². The lowest BCUT2D eigenvalue weighted by atomic mass is 10.5. The molecular formula is C10H15NOS. The number of rotatable bonds is 7. The van der Waals surface area contributed by atoms with E-state index < -0.39 is 0 Å². The summed E-state index contributed by atoms with van der Waals surface area (Å²) in [4.78, 5) is 1.28. The Hall–Kier alpha value is -0.640. The first kappa shape index (κ1) is 10.4. The molecule has 0 atom stereocenters. The average molecular weight is 197 g/mol. The summed E-state index contributed by atoms with van der Waals surface area (Å²) in [5.74, 6) is 0. The van der Waals surface area contributed by atoms with E-state index in [4.69, 9.17) is 4.74 Å². The summed E-state index contributed by atoms with van der Waals surface area (Å²) in [6.07, 6.45) is 1.85. The standard InChI is InChI=1S/C10H15NOS/c1-2-5-11-6-7-12-9-10-4-3-8-13-10/h2-4,8,11H,1,5-7,9H2. The summed E-state index contributed by atoms with van der Waals surface area (Å²) in [6.45, 7) is 6.84. The molecule has 1 aromatic rings. The van der Waals surface area contributed by atoms with Crippen LogP contribution in [0.4, 0.5) is 0 Å². The van der Waals surface area contributed by atoms with Crippen LogP contribution in [-0.4, -0.2) is 19.7 Å². The lowest BCUT2D eigenvalue weighted by molar-refractivity contribution is 0.125. The van der Waals surface area contributed by atoms with E-state index in [1.165, 1.54) is 4.88 Å². The fraction of sp³-hybridized carbons (Fsp3) is 0.400. The van der Waals surface area contributed by atoms with Gasteiger partial charge in [0.15, 0.2) is 0 Å². The molecule has 72 valence electrons. The van der Waals surface area contributed by atoms with Gasteiger partial charge in [0.25, 0.3) is 0 Å². The Morgan fingerprint density at radius 2 is 2.54 bits per heavy atom. The molecule has 0 unspecified atom stereocenters. The molecule has 0 spiro atoms. The summed E-state index contributed by atoms with van der Waals surface area (Å²) in [5, 5.41) is 5.24. The van der Waals surface area contributed by atoms with Crippen molar-refractivity contribution in [1.82, 2.24) is 5.32 Å². The Bertz CT molecular complexity index is 221. The maximum atomic E-state index is 5.44. The fourth-order valence-electron chi connectivity index (χ4n) is 0.916. The first-order valence-electron chi connectivity index (χ1n) is 4.35. The van der Waals surface area contributed by atoms with E-state index in [2.05, 4.69) is 23.3 Å². The second-order valence-corrected chi connectivity index (χ2v) is 3.66. The van der Waals surface area contributed by atoms with Crippen molar-refractivity contribution >= 4 is 11.3 Å². The molecule has 0 aromatic carbocycles. The van der Waals surface area contributed by atoms with Gasteiger partial charge in [-0.05, 0) is 11.4 Å². The summed E-state index contributed by atoms with van der Waals surface area (Å²) < 4.78 is 5.44. The van der Waals surface area contributed by atoms with Gasteiger partial charge < -0.3 is 10.1 Å². The molecule has 0 radical (unpaired) electrons. The highest BCUT2D eigenvalue weighted by Gasteiger charge is 1.92. The van der Waals surface area contributed by atoms with Gasteiger partial charge in [-0.3, -0.25) is 0 Å². The van der Waals surface area contributed by atoms with Crippen LogP contribution in [0.25, 0.3) is 0 Å². The van der Waals surface area contributed by atoms with E-state index in [1.54, 1.807) is 11.3 Å². The van der Waals surface area contributed by atoms with Crippen molar-refractivity contribution in [3.8, 4) is 0 Å². The van der Waals surface area contributed by atoms with Crippen molar-refractivity contribution < 1.29 is 4.74 Å². The molecule has 1 N–H and O–H groups in total. The van der Waals surface area contributed by atoms with Crippen molar-refractivity contribution in [1.29, 1.82) is 0 Å². The number of thiophene rings is 1. The number of nitrogens with one attached hydrogen (secondary N) is 1. The van der Waals surface area contributed by atoms with Crippen LogP contribution in [0.15, 0.2) is 30.2 Å². The van der Waals surface area contributed by atoms with Gasteiger partial charge >= 0.3 is 0 Å². The normalized spacial score (nSPS) is 10.2. The van der Waals surface area contributed by atoms with Gasteiger partial charge in [-0.2, -0.15) is 0 Å². The van der Waals surface area contributed by atoms with E-state index in [-0.39, 0.29) is 0 Å². The van der Waals surface area contributed by atoms with Crippen LogP contribution in [0.3, 0.4) is 0 Å². The van der Waals surface area contributed by atoms with Crippen molar-refractivity contribution in [2.45, 2.75) is 6.61 Å². The SMILES string of the molecule is C=CCNCCOCc1cccs1. The van der Waals surface area contributed by atoms with Crippen LogP contribution < -0.4 is 5.32 Å². The molecule has 0 fully saturated rings. The largest absolute Gasteiger partial charge is 0.375 e. The fourth-order valence-corrected chi connectivity index (χ4v) is 1.56. The minimum absolute atomic E-state index is 0.730. The monoisotopic (exact) mass is 197 g/mol. The van der Waals surface area contributed by atoms with E-state index in [1.807, 2.05) is 12.1 Å². The molecule has 0 amide bonds. The molecular weight excluding hydrogens is 182 g/mol. The average Bonchev–Trinajstić information content (AvgIpc) is 2.63. The van der Waals surface area contributed by atoms with Crippen LogP contribution >= 0.6 is 11.3 Å². The van der Waals surface area contributed by atoms with Gasteiger partial charge in [-0.1, -0.05) is 12.1 Å². The highest BCUT2D eigenvalue weighted by atomic mass is 32.1. The lowest BCUT2D eigenvalue weighted by Crippen LogP contribution is -2.19. The van der Waals surface area contributed by atoms with Crippen molar-refractivity contribution in [2.75, 3.05) is 19.7 Å². The second-order valence-electron chi connectivity index (χ2n) is 2.62. The Labute approximate surface area is 83.2 Å². The molecule has 1 rings (SSSR count). The third-order valence-electron chi connectivity index (χ3n) is 1.54. The van der Waals surface area contributed by atoms with Crippen LogP contribution in [0.2, 0.25) is 0 Å². The lowest BCUT2D eigenvalue weighted by Gasteiger charge is -2.02. The Balaban J connectivity index is 1.93. The Kier molecular flexibility index (Phi) is 5.49. The number of hydrogen-bond acceptors (Lipinski definition) is 3. The molecule has 1 heterocycles. The molecule has 3 heteroatoms. The van der Waals surface area contributed by atoms with Gasteiger partial charge in [0, 0.05) is 18.0 Å². The van der Waals surface area contributed by atoms with E-state index in [0.29, 0.717) is 0 Å². The highest BCUT2D eigenvalue weighted by molar-refractivity contribution is 7.09. The third-order valence-corrected chi connectivity index (χ3v) is 2.39. The first-order chi connectivity index (χ1) is 6.43. The zero-order valence-electron chi connectivity index (χ0n) is 7.66. The molecule has 0 saturated carbocycles. The van der Waals surface area contributed by atoms with Crippen LogP contribution in [0.1, 0.15) is 4.88 Å². The van der Waals surface area contributed by atoms with Crippen molar-refractivity contribution in [3.05, 3.63) is 35.0 Å². The third kappa shape index (κ3) is 4.83. The molecule has 0 aliphatic carbocycles. The van der Waals surface area contributed by atoms with E-state index in [0.717, 1.165) is 26.3 Å². The summed E-state index contributed by atoms with van der Waals surface area (Å²) in [5.41, 5.74) is 0. The predicted molar refractivity (Wildman–Crippen MR) is 57.0 cm³/mol. The smallest absolute Gasteiger partial charge is 0.0809 e. The van der Waals surface area contributed by atoms with Crippen molar-refractivity contribution in [2.24, 2.45) is 0 Å². The van der Waals surface area contributed by atoms with Crippen LogP contribution in [0, 0.1) is 0 Å². The maximum Gasteiger partial charge on any atom is 0.0809 e. The predicted octanol–water partition coefficient (Wildman–Crippen LogP) is 2.04. The molecule has 13 heavy (non-hydrogen) atoms. The second kappa shape index (κ2) is 6.83. The van der Waals surface area contributed by atoms with Gasteiger partial charge in [0.1, 0.15) is 0 Å². The topological polar surface area (TPSA) is 21.3 Å². The highest BCUT2D eigenvalue weighted by Crippen LogP contribution is 2.08. The molecule has 0 aliphatic heterocycles. The quantitative estimate of drug-likeness (QED) is 0.533. The molecule has 1 aromatic heterocycles. The van der Waals surface area contributed by atoms with Gasteiger partial charge in [-0.25, -0.2) is 0 Å². The van der Waals surface area contributed by atoms with Gasteiger partial charge in [-0.15, -0.1) is 17.9 Å². The Morgan fingerprint density at radius 1 is 1.62 bits per heavy atom. The summed E-state index contributed by atoms with van der Waals surface area (Å²) >= 11 is 1.73. The first-order valence-corrected chi connectivity index (χ1v) is 5.23. The molecule has 0 saturated heterocycles. The number of hydrogen-bond donors (Lipinski definition) is 1. The van der Waals surface area contributed by atoms with Crippen LogP contribution in [0.5, 0.6) is 0 Å². The minimum atomic E-state index is 0.730. The molecule has 0 aliphatic rings. The minimum Gasteiger partial charge on any atom is -0.375 e. The summed E-state index contributed by atoms with van der Waals surface area (Å²) in [6, 6.07) is 4.13. The number of ether oxygens (including phenoxy) is 1. The zero-order chi connectivity index (χ0) is 9.36. The molecule has 2 nitrogen and oxygen atoms in total. The van der Waals surface area contributed by atoms with E-state index >= 15 is 0 Å². The van der Waals surface area contributed by atoms with Gasteiger partial charge in [0.05, 0.1) is 13.2 Å². The maximum absolute atomic E-state index is 5.44. The van der Waals surface area contributed by atoms with Crippen molar-refractivity contribution in [3.63, 3.8) is 0 Å². The van der Waals surface area contributed by atoms with Crippen LogP contribution in [-0.2, 0) is 11.3 Å². The summed E-state index contributed by atoms with van der Waals surface area (Å²) in [7, 11) is 0. The Morgan fingerprint density at radius 3 is 3.23 bits per heavy atom.